The highest BCUT2D eigenvalue weighted by Crippen LogP contribution is 2.32. The van der Waals surface area contributed by atoms with Crippen molar-refractivity contribution in [3.8, 4) is 6.07 Å². The average Bonchev–Trinajstić information content (AvgIpc) is 2.89. The molecule has 24 heavy (non-hydrogen) atoms. The van der Waals surface area contributed by atoms with Crippen LogP contribution in [0.1, 0.15) is 56.7 Å². The van der Waals surface area contributed by atoms with E-state index in [4.69, 9.17) is 4.99 Å². The van der Waals surface area contributed by atoms with Crippen LogP contribution < -0.4 is 0 Å². The van der Waals surface area contributed by atoms with Crippen LogP contribution in [-0.4, -0.2) is 28.4 Å². The molecule has 3 nitrogen and oxygen atoms in total. The second-order valence-electron chi connectivity index (χ2n) is 7.11. The third-order valence-corrected chi connectivity index (χ3v) is 5.56. The molecule has 1 saturated heterocycles. The summed E-state index contributed by atoms with van der Waals surface area (Å²) in [5.41, 5.74) is 3.82. The van der Waals surface area contributed by atoms with Gasteiger partial charge >= 0.3 is 0 Å². The normalized spacial score (nSPS) is 19.3. The van der Waals surface area contributed by atoms with Gasteiger partial charge in [-0.05, 0) is 49.4 Å². The Bertz CT molecular complexity index is 643. The Balaban J connectivity index is 2.30. The molecule has 0 bridgehead atoms. The molecule has 1 aromatic carbocycles. The van der Waals surface area contributed by atoms with Crippen LogP contribution in [0.25, 0.3) is 0 Å². The van der Waals surface area contributed by atoms with Crippen LogP contribution in [0.5, 0.6) is 0 Å². The van der Waals surface area contributed by atoms with E-state index in [-0.39, 0.29) is 0 Å². The van der Waals surface area contributed by atoms with Crippen molar-refractivity contribution in [3.05, 3.63) is 28.8 Å². The lowest BCUT2D eigenvalue weighted by Crippen LogP contribution is -2.36. The van der Waals surface area contributed by atoms with E-state index >= 15 is 0 Å². The number of nitriles is 1. The Labute approximate surface area is 151 Å². The van der Waals surface area contributed by atoms with E-state index in [0.717, 1.165) is 39.8 Å². The van der Waals surface area contributed by atoms with Crippen LogP contribution in [0.15, 0.2) is 17.1 Å². The number of amidine groups is 1. The Kier molecular flexibility index (Phi) is 6.74. The summed E-state index contributed by atoms with van der Waals surface area (Å²) < 4.78 is 0. The van der Waals surface area contributed by atoms with Gasteiger partial charge in [-0.15, -0.1) is 0 Å². The highest BCUT2D eigenvalue weighted by atomic mass is 32.2. The molecule has 0 aliphatic carbocycles. The zero-order valence-electron chi connectivity index (χ0n) is 15.6. The molecule has 130 valence electrons. The minimum atomic E-state index is 0.607. The van der Waals surface area contributed by atoms with E-state index in [2.05, 4.69) is 31.7 Å². The molecule has 0 radical (unpaired) electrons. The van der Waals surface area contributed by atoms with Gasteiger partial charge in [0, 0.05) is 18.3 Å². The van der Waals surface area contributed by atoms with Crippen molar-refractivity contribution >= 4 is 22.6 Å². The maximum absolute atomic E-state index is 9.18. The fraction of sp³-hybridized carbons (Fsp3) is 0.600. The predicted octanol–water partition coefficient (Wildman–Crippen LogP) is 5.43. The maximum Gasteiger partial charge on any atom is 0.164 e. The molecule has 0 N–H and O–H groups in total. The average molecular weight is 344 g/mol. The summed E-state index contributed by atoms with van der Waals surface area (Å²) in [5, 5.41) is 10.3. The number of hydrogen-bond donors (Lipinski definition) is 0. The summed E-state index contributed by atoms with van der Waals surface area (Å²) >= 11 is 1.88. The number of rotatable bonds is 6. The van der Waals surface area contributed by atoms with Crippen molar-refractivity contribution in [1.29, 1.82) is 5.26 Å². The standard InChI is InChI=1S/C20H29N3S/c1-6-7-8-18-13-24-20(23(18)12-14(2)3)22-19-10-15(4)17(11-21)9-16(19)5/h9-10,14,18H,6-8,12-13H2,1-5H3/b22-20-/t18-/m0/s1. The first-order valence-corrected chi connectivity index (χ1v) is 9.94. The molecular weight excluding hydrogens is 314 g/mol. The summed E-state index contributed by atoms with van der Waals surface area (Å²) in [4.78, 5) is 7.49. The molecule has 1 heterocycles. The number of nitrogens with zero attached hydrogens (tertiary/aromatic N) is 3. The van der Waals surface area contributed by atoms with E-state index in [0.29, 0.717) is 12.0 Å². The van der Waals surface area contributed by atoms with Gasteiger partial charge in [0.25, 0.3) is 0 Å². The molecular formula is C20H29N3S. The lowest BCUT2D eigenvalue weighted by atomic mass is 10.0. The lowest BCUT2D eigenvalue weighted by Gasteiger charge is -2.27. The quantitative estimate of drug-likeness (QED) is 0.691. The van der Waals surface area contributed by atoms with Crippen LogP contribution in [-0.2, 0) is 0 Å². The van der Waals surface area contributed by atoms with Gasteiger partial charge in [0.1, 0.15) is 0 Å². The zero-order valence-corrected chi connectivity index (χ0v) is 16.4. The first-order chi connectivity index (χ1) is 11.5. The molecule has 1 aliphatic rings. The SMILES string of the molecule is CCCC[C@H]1CS/C(=N\c2cc(C)c(C#N)cc2C)N1CC(C)C. The Morgan fingerprint density at radius 2 is 2.08 bits per heavy atom. The summed E-state index contributed by atoms with van der Waals surface area (Å²) in [6, 6.07) is 6.87. The molecule has 0 aromatic heterocycles. The van der Waals surface area contributed by atoms with Gasteiger partial charge in [0.05, 0.1) is 17.3 Å². The minimum absolute atomic E-state index is 0.607. The predicted molar refractivity (Wildman–Crippen MR) is 105 cm³/mol. The van der Waals surface area contributed by atoms with E-state index < -0.39 is 0 Å². The summed E-state index contributed by atoms with van der Waals surface area (Å²) in [5.74, 6) is 1.77. The number of aliphatic imine (C=N–C) groups is 1. The fourth-order valence-corrected chi connectivity index (χ4v) is 4.28. The summed E-state index contributed by atoms with van der Waals surface area (Å²) in [6.07, 6.45) is 3.78. The molecule has 1 atom stereocenters. The Hall–Kier alpha value is -1.47. The topological polar surface area (TPSA) is 39.4 Å². The van der Waals surface area contributed by atoms with Crippen LogP contribution in [0.3, 0.4) is 0 Å². The Morgan fingerprint density at radius 1 is 1.33 bits per heavy atom. The lowest BCUT2D eigenvalue weighted by molar-refractivity contribution is 0.295. The number of unbranched alkanes of at least 4 members (excludes halogenated alkanes) is 1. The molecule has 0 saturated carbocycles. The van der Waals surface area contributed by atoms with E-state index in [1.165, 1.54) is 19.3 Å². The van der Waals surface area contributed by atoms with Crippen LogP contribution in [0.4, 0.5) is 5.69 Å². The third-order valence-electron chi connectivity index (χ3n) is 4.42. The Morgan fingerprint density at radius 3 is 2.71 bits per heavy atom. The molecule has 1 aliphatic heterocycles. The van der Waals surface area contributed by atoms with Crippen molar-refractivity contribution in [2.75, 3.05) is 12.3 Å². The van der Waals surface area contributed by atoms with Gasteiger partial charge in [-0.25, -0.2) is 4.99 Å². The van der Waals surface area contributed by atoms with Crippen molar-refractivity contribution in [3.63, 3.8) is 0 Å². The smallest absolute Gasteiger partial charge is 0.164 e. The van der Waals surface area contributed by atoms with Crippen molar-refractivity contribution in [2.24, 2.45) is 10.9 Å². The summed E-state index contributed by atoms with van der Waals surface area (Å²) in [6.45, 7) is 11.9. The van der Waals surface area contributed by atoms with Gasteiger partial charge in [0.15, 0.2) is 5.17 Å². The molecule has 1 aromatic rings. The second kappa shape index (κ2) is 8.58. The van der Waals surface area contributed by atoms with Gasteiger partial charge in [0.2, 0.25) is 0 Å². The zero-order chi connectivity index (χ0) is 17.7. The van der Waals surface area contributed by atoms with Gasteiger partial charge < -0.3 is 4.90 Å². The van der Waals surface area contributed by atoms with Crippen molar-refractivity contribution < 1.29 is 0 Å². The van der Waals surface area contributed by atoms with E-state index in [9.17, 15) is 5.26 Å². The van der Waals surface area contributed by atoms with Gasteiger partial charge in [-0.3, -0.25) is 0 Å². The molecule has 2 rings (SSSR count). The number of thioether (sulfide) groups is 1. The molecule has 0 amide bonds. The first kappa shape index (κ1) is 18.9. The molecule has 0 unspecified atom stereocenters. The van der Waals surface area contributed by atoms with Crippen LogP contribution >= 0.6 is 11.8 Å². The maximum atomic E-state index is 9.18. The number of hydrogen-bond acceptors (Lipinski definition) is 3. The number of benzene rings is 1. The van der Waals surface area contributed by atoms with E-state index in [1.54, 1.807) is 0 Å². The highest BCUT2D eigenvalue weighted by Gasteiger charge is 2.30. The fourth-order valence-electron chi connectivity index (χ4n) is 3.04. The molecule has 1 fully saturated rings. The van der Waals surface area contributed by atoms with E-state index in [1.807, 2.05) is 37.7 Å². The molecule has 4 heteroatoms. The van der Waals surface area contributed by atoms with Crippen molar-refractivity contribution in [2.45, 2.75) is 59.9 Å². The minimum Gasteiger partial charge on any atom is -0.347 e. The third kappa shape index (κ3) is 4.54. The molecule has 0 spiro atoms. The van der Waals surface area contributed by atoms with Gasteiger partial charge in [-0.1, -0.05) is 45.4 Å². The number of aryl methyl sites for hydroxylation is 2. The highest BCUT2D eigenvalue weighted by molar-refractivity contribution is 8.14. The largest absolute Gasteiger partial charge is 0.347 e. The summed E-state index contributed by atoms with van der Waals surface area (Å²) in [7, 11) is 0. The van der Waals surface area contributed by atoms with Crippen LogP contribution in [0.2, 0.25) is 0 Å². The van der Waals surface area contributed by atoms with Crippen molar-refractivity contribution in [1.82, 2.24) is 4.90 Å². The monoisotopic (exact) mass is 343 g/mol. The van der Waals surface area contributed by atoms with Crippen LogP contribution in [0, 0.1) is 31.1 Å². The van der Waals surface area contributed by atoms with Gasteiger partial charge in [-0.2, -0.15) is 5.26 Å². The first-order valence-electron chi connectivity index (χ1n) is 8.95. The second-order valence-corrected chi connectivity index (χ2v) is 8.10.